The van der Waals surface area contributed by atoms with E-state index in [0.717, 1.165) is 28.7 Å². The van der Waals surface area contributed by atoms with E-state index in [-0.39, 0.29) is 11.7 Å². The molecule has 0 spiro atoms. The standard InChI is InChI=1S/C20H18O/c1-15-12-18(13-16-8-4-2-5-9-16)20(21)19(15)14-17-10-6-3-7-11-17/h2-11,13-15H,12H2,1H3/b18-13+,19-14-/t15-/m1/s1. The largest absolute Gasteiger partial charge is 0.289 e. The quantitative estimate of drug-likeness (QED) is 0.721. The molecule has 1 heteroatoms. The number of hydrogen-bond acceptors (Lipinski definition) is 1. The van der Waals surface area contributed by atoms with E-state index in [1.807, 2.05) is 72.8 Å². The zero-order chi connectivity index (χ0) is 14.7. The Balaban J connectivity index is 1.91. The second-order valence-corrected chi connectivity index (χ2v) is 5.52. The summed E-state index contributed by atoms with van der Waals surface area (Å²) in [7, 11) is 0. The van der Waals surface area contributed by atoms with E-state index in [4.69, 9.17) is 0 Å². The first-order chi connectivity index (χ1) is 10.2. The van der Waals surface area contributed by atoms with E-state index >= 15 is 0 Å². The molecule has 0 N–H and O–H groups in total. The number of allylic oxidation sites excluding steroid dienone is 2. The lowest BCUT2D eigenvalue weighted by molar-refractivity contribution is -0.111. The van der Waals surface area contributed by atoms with Crippen LogP contribution in [0.1, 0.15) is 24.5 Å². The summed E-state index contributed by atoms with van der Waals surface area (Å²) >= 11 is 0. The molecule has 0 heterocycles. The summed E-state index contributed by atoms with van der Waals surface area (Å²) in [6.07, 6.45) is 4.87. The van der Waals surface area contributed by atoms with Gasteiger partial charge in [0.25, 0.3) is 0 Å². The van der Waals surface area contributed by atoms with Crippen molar-refractivity contribution in [3.63, 3.8) is 0 Å². The Morgan fingerprint density at radius 3 is 1.95 bits per heavy atom. The molecule has 0 aliphatic heterocycles. The minimum Gasteiger partial charge on any atom is -0.289 e. The molecule has 1 atom stereocenters. The van der Waals surface area contributed by atoms with Gasteiger partial charge < -0.3 is 0 Å². The summed E-state index contributed by atoms with van der Waals surface area (Å²) in [6, 6.07) is 20.1. The zero-order valence-corrected chi connectivity index (χ0v) is 12.1. The first-order valence-electron chi connectivity index (χ1n) is 7.31. The van der Waals surface area contributed by atoms with Crippen molar-refractivity contribution >= 4 is 17.9 Å². The zero-order valence-electron chi connectivity index (χ0n) is 12.1. The molecule has 21 heavy (non-hydrogen) atoms. The number of hydrogen-bond donors (Lipinski definition) is 0. The van der Waals surface area contributed by atoms with Crippen LogP contribution in [0.4, 0.5) is 0 Å². The molecule has 2 aromatic rings. The summed E-state index contributed by atoms with van der Waals surface area (Å²) in [5.74, 6) is 0.475. The van der Waals surface area contributed by atoms with Gasteiger partial charge in [-0.25, -0.2) is 0 Å². The Morgan fingerprint density at radius 1 is 0.857 bits per heavy atom. The number of ketones is 1. The molecular weight excluding hydrogens is 256 g/mol. The molecule has 1 saturated carbocycles. The summed E-state index contributed by atoms with van der Waals surface area (Å²) in [4.78, 5) is 12.6. The fraction of sp³-hybridized carbons (Fsp3) is 0.150. The van der Waals surface area contributed by atoms with E-state index in [9.17, 15) is 4.79 Å². The fourth-order valence-electron chi connectivity index (χ4n) is 2.75. The van der Waals surface area contributed by atoms with Crippen molar-refractivity contribution in [3.8, 4) is 0 Å². The van der Waals surface area contributed by atoms with E-state index in [1.54, 1.807) is 0 Å². The molecule has 1 nitrogen and oxygen atoms in total. The van der Waals surface area contributed by atoms with Crippen LogP contribution < -0.4 is 0 Å². The molecule has 0 amide bonds. The first-order valence-corrected chi connectivity index (χ1v) is 7.31. The third-order valence-electron chi connectivity index (χ3n) is 3.87. The van der Waals surface area contributed by atoms with E-state index < -0.39 is 0 Å². The fourth-order valence-corrected chi connectivity index (χ4v) is 2.75. The maximum Gasteiger partial charge on any atom is 0.185 e. The van der Waals surface area contributed by atoms with Gasteiger partial charge in [-0.2, -0.15) is 0 Å². The van der Waals surface area contributed by atoms with Crippen molar-refractivity contribution in [1.82, 2.24) is 0 Å². The second kappa shape index (κ2) is 5.92. The van der Waals surface area contributed by atoms with Crippen LogP contribution in [-0.4, -0.2) is 5.78 Å². The van der Waals surface area contributed by atoms with Crippen LogP contribution in [0.3, 0.4) is 0 Å². The van der Waals surface area contributed by atoms with Gasteiger partial charge in [-0.15, -0.1) is 0 Å². The Morgan fingerprint density at radius 2 is 1.38 bits per heavy atom. The highest BCUT2D eigenvalue weighted by Gasteiger charge is 2.29. The first kappa shape index (κ1) is 13.6. The van der Waals surface area contributed by atoms with E-state index in [2.05, 4.69) is 6.92 Å². The van der Waals surface area contributed by atoms with Crippen LogP contribution in [0.25, 0.3) is 12.2 Å². The Kier molecular flexibility index (Phi) is 3.83. The van der Waals surface area contributed by atoms with E-state index in [0.29, 0.717) is 0 Å². The van der Waals surface area contributed by atoms with Gasteiger partial charge >= 0.3 is 0 Å². The molecule has 1 aliphatic rings. The monoisotopic (exact) mass is 274 g/mol. The average Bonchev–Trinajstić information content (AvgIpc) is 2.77. The van der Waals surface area contributed by atoms with Gasteiger partial charge in [0.15, 0.2) is 5.78 Å². The highest BCUT2D eigenvalue weighted by atomic mass is 16.1. The molecule has 0 saturated heterocycles. The second-order valence-electron chi connectivity index (χ2n) is 5.52. The predicted octanol–water partition coefficient (Wildman–Crippen LogP) is 4.76. The van der Waals surface area contributed by atoms with Crippen molar-refractivity contribution in [2.45, 2.75) is 13.3 Å². The molecule has 0 aromatic heterocycles. The highest BCUT2D eigenvalue weighted by Crippen LogP contribution is 2.34. The van der Waals surface area contributed by atoms with E-state index in [1.165, 1.54) is 0 Å². The third kappa shape index (κ3) is 3.03. The summed E-state index contributed by atoms with van der Waals surface area (Å²) < 4.78 is 0. The molecule has 1 fully saturated rings. The maximum absolute atomic E-state index is 12.6. The number of carbonyl (C=O) groups excluding carboxylic acids is 1. The van der Waals surface area contributed by atoms with Crippen LogP contribution in [0.15, 0.2) is 71.8 Å². The molecule has 2 aromatic carbocycles. The Bertz CT molecular complexity index is 693. The normalized spacial score (nSPS) is 22.1. The number of rotatable bonds is 2. The molecule has 104 valence electrons. The third-order valence-corrected chi connectivity index (χ3v) is 3.87. The highest BCUT2D eigenvalue weighted by molar-refractivity contribution is 6.16. The van der Waals surface area contributed by atoms with Crippen LogP contribution in [0, 0.1) is 5.92 Å². The summed E-state index contributed by atoms with van der Waals surface area (Å²) in [6.45, 7) is 2.12. The summed E-state index contributed by atoms with van der Waals surface area (Å²) in [5.41, 5.74) is 4.02. The van der Waals surface area contributed by atoms with Gasteiger partial charge in [0.1, 0.15) is 0 Å². The van der Waals surface area contributed by atoms with Gasteiger partial charge in [0, 0.05) is 11.1 Å². The lowest BCUT2D eigenvalue weighted by Gasteiger charge is -2.01. The SMILES string of the molecule is C[C@@H]1C/C(=C\c2ccccc2)C(=O)/C1=C\c1ccccc1. The van der Waals surface area contributed by atoms with Crippen molar-refractivity contribution in [2.75, 3.05) is 0 Å². The molecule has 0 unspecified atom stereocenters. The molecule has 0 bridgehead atoms. The average molecular weight is 274 g/mol. The summed E-state index contributed by atoms with van der Waals surface area (Å²) in [5, 5.41) is 0. The minimum atomic E-state index is 0.190. The van der Waals surface area contributed by atoms with Gasteiger partial charge in [0.2, 0.25) is 0 Å². The van der Waals surface area contributed by atoms with Crippen molar-refractivity contribution < 1.29 is 4.79 Å². The van der Waals surface area contributed by atoms with Crippen molar-refractivity contribution in [1.29, 1.82) is 0 Å². The van der Waals surface area contributed by atoms with Gasteiger partial charge in [-0.1, -0.05) is 67.6 Å². The molecular formula is C20H18O. The molecule has 0 radical (unpaired) electrons. The van der Waals surface area contributed by atoms with Crippen LogP contribution >= 0.6 is 0 Å². The maximum atomic E-state index is 12.6. The topological polar surface area (TPSA) is 17.1 Å². The lowest BCUT2D eigenvalue weighted by Crippen LogP contribution is -1.98. The van der Waals surface area contributed by atoms with Crippen molar-refractivity contribution in [2.24, 2.45) is 5.92 Å². The van der Waals surface area contributed by atoms with Gasteiger partial charge in [0.05, 0.1) is 0 Å². The smallest absolute Gasteiger partial charge is 0.185 e. The molecule has 3 rings (SSSR count). The Hall–Kier alpha value is -2.41. The Labute approximate surface area is 125 Å². The molecule has 1 aliphatic carbocycles. The van der Waals surface area contributed by atoms with Crippen LogP contribution in [-0.2, 0) is 4.79 Å². The number of benzene rings is 2. The number of carbonyl (C=O) groups is 1. The van der Waals surface area contributed by atoms with Crippen molar-refractivity contribution in [3.05, 3.63) is 82.9 Å². The predicted molar refractivity (Wildman–Crippen MR) is 87.6 cm³/mol. The number of Topliss-reactive ketones (excluding diaryl/α,β-unsaturated/α-hetero) is 1. The van der Waals surface area contributed by atoms with Gasteiger partial charge in [-0.3, -0.25) is 4.79 Å². The van der Waals surface area contributed by atoms with Crippen LogP contribution in [0.5, 0.6) is 0 Å². The van der Waals surface area contributed by atoms with Gasteiger partial charge in [-0.05, 0) is 35.6 Å². The minimum absolute atomic E-state index is 0.190. The van der Waals surface area contributed by atoms with Crippen LogP contribution in [0.2, 0.25) is 0 Å². The lowest BCUT2D eigenvalue weighted by atomic mass is 10.0.